The van der Waals surface area contributed by atoms with E-state index >= 15 is 0 Å². The first-order valence-electron chi connectivity index (χ1n) is 6.25. The van der Waals surface area contributed by atoms with Crippen LogP contribution in [0, 0.1) is 0 Å². The predicted molar refractivity (Wildman–Crippen MR) is 68.7 cm³/mol. The maximum absolute atomic E-state index is 12.5. The van der Waals surface area contributed by atoms with Gasteiger partial charge in [-0.2, -0.15) is 13.2 Å². The van der Waals surface area contributed by atoms with Crippen LogP contribution in [0.1, 0.15) is 18.0 Å². The molecular formula is C14H15F3N2O. The van der Waals surface area contributed by atoms with E-state index in [1.54, 1.807) is 30.3 Å². The Morgan fingerprint density at radius 1 is 1.25 bits per heavy atom. The Morgan fingerprint density at radius 2 is 1.90 bits per heavy atom. The summed E-state index contributed by atoms with van der Waals surface area (Å²) in [6, 6.07) is 7.95. The van der Waals surface area contributed by atoms with Gasteiger partial charge in [0, 0.05) is 18.7 Å². The van der Waals surface area contributed by atoms with Gasteiger partial charge in [-0.25, -0.2) is 0 Å². The Balaban J connectivity index is 2.04. The SMILES string of the molecule is NC(C(=O)N1CC=C(C(F)(F)F)CC1)c1ccccc1. The number of nitrogens with two attached hydrogens (primary N) is 1. The van der Waals surface area contributed by atoms with Gasteiger partial charge in [-0.1, -0.05) is 36.4 Å². The second-order valence-electron chi connectivity index (χ2n) is 4.65. The summed E-state index contributed by atoms with van der Waals surface area (Å²) >= 11 is 0. The molecule has 1 aliphatic rings. The highest BCUT2D eigenvalue weighted by molar-refractivity contribution is 5.83. The van der Waals surface area contributed by atoms with Gasteiger partial charge in [0.25, 0.3) is 0 Å². The number of hydrogen-bond acceptors (Lipinski definition) is 2. The molecule has 1 amide bonds. The summed E-state index contributed by atoms with van der Waals surface area (Å²) in [5.41, 5.74) is 5.94. The van der Waals surface area contributed by atoms with Crippen LogP contribution in [0.15, 0.2) is 42.0 Å². The average molecular weight is 284 g/mol. The Bertz CT molecular complexity index is 511. The lowest BCUT2D eigenvalue weighted by atomic mass is 10.0. The highest BCUT2D eigenvalue weighted by Crippen LogP contribution is 2.30. The number of hydrogen-bond donors (Lipinski definition) is 1. The van der Waals surface area contributed by atoms with Crippen LogP contribution in [0.2, 0.25) is 0 Å². The molecule has 1 heterocycles. The fourth-order valence-corrected chi connectivity index (χ4v) is 2.13. The van der Waals surface area contributed by atoms with Crippen LogP contribution in [-0.4, -0.2) is 30.1 Å². The highest BCUT2D eigenvalue weighted by Gasteiger charge is 2.36. The molecule has 0 saturated heterocycles. The normalized spacial score (nSPS) is 17.6. The number of amides is 1. The van der Waals surface area contributed by atoms with Crippen LogP contribution in [0.4, 0.5) is 13.2 Å². The van der Waals surface area contributed by atoms with E-state index in [2.05, 4.69) is 0 Å². The Morgan fingerprint density at radius 3 is 2.40 bits per heavy atom. The van der Waals surface area contributed by atoms with Crippen LogP contribution in [0.25, 0.3) is 0 Å². The van der Waals surface area contributed by atoms with E-state index in [0.29, 0.717) is 5.56 Å². The van der Waals surface area contributed by atoms with Gasteiger partial charge in [0.15, 0.2) is 0 Å². The van der Waals surface area contributed by atoms with Gasteiger partial charge in [0.2, 0.25) is 5.91 Å². The topological polar surface area (TPSA) is 46.3 Å². The number of carbonyl (C=O) groups is 1. The van der Waals surface area contributed by atoms with Crippen molar-refractivity contribution < 1.29 is 18.0 Å². The number of benzene rings is 1. The summed E-state index contributed by atoms with van der Waals surface area (Å²) in [6.45, 7) is -0.00107. The van der Waals surface area contributed by atoms with Crippen LogP contribution < -0.4 is 5.73 Å². The van der Waals surface area contributed by atoms with Crippen LogP contribution in [-0.2, 0) is 4.79 Å². The van der Waals surface area contributed by atoms with Crippen molar-refractivity contribution in [3.05, 3.63) is 47.5 Å². The fourth-order valence-electron chi connectivity index (χ4n) is 2.13. The Labute approximate surface area is 114 Å². The lowest BCUT2D eigenvalue weighted by molar-refractivity contribution is -0.133. The third-order valence-electron chi connectivity index (χ3n) is 3.31. The summed E-state index contributed by atoms with van der Waals surface area (Å²) in [4.78, 5) is 13.5. The monoisotopic (exact) mass is 284 g/mol. The van der Waals surface area contributed by atoms with Crippen molar-refractivity contribution in [1.82, 2.24) is 4.90 Å². The van der Waals surface area contributed by atoms with E-state index in [1.165, 1.54) is 4.90 Å². The third kappa shape index (κ3) is 3.19. The van der Waals surface area contributed by atoms with Crippen molar-refractivity contribution in [3.63, 3.8) is 0 Å². The van der Waals surface area contributed by atoms with Crippen LogP contribution in [0.5, 0.6) is 0 Å². The van der Waals surface area contributed by atoms with Crippen molar-refractivity contribution in [2.75, 3.05) is 13.1 Å². The first-order chi connectivity index (χ1) is 9.39. The standard InChI is InChI=1S/C14H15F3N2O/c15-14(16,17)11-6-8-19(9-7-11)13(20)12(18)10-4-2-1-3-5-10/h1-6,12H,7-9,18H2. The van der Waals surface area contributed by atoms with E-state index < -0.39 is 17.8 Å². The van der Waals surface area contributed by atoms with Crippen LogP contribution >= 0.6 is 0 Å². The third-order valence-corrected chi connectivity index (χ3v) is 3.31. The molecule has 0 fully saturated rings. The summed E-state index contributed by atoms with van der Waals surface area (Å²) in [6.07, 6.45) is -3.44. The highest BCUT2D eigenvalue weighted by atomic mass is 19.4. The van der Waals surface area contributed by atoms with Gasteiger partial charge < -0.3 is 10.6 Å². The van der Waals surface area contributed by atoms with Crippen LogP contribution in [0.3, 0.4) is 0 Å². The molecule has 2 N–H and O–H groups in total. The van der Waals surface area contributed by atoms with Gasteiger partial charge >= 0.3 is 6.18 Å². The molecule has 0 aromatic heterocycles. The molecule has 108 valence electrons. The number of rotatable bonds is 2. The lowest BCUT2D eigenvalue weighted by Crippen LogP contribution is -2.42. The van der Waals surface area contributed by atoms with E-state index in [1.807, 2.05) is 0 Å². The molecule has 1 aromatic carbocycles. The largest absolute Gasteiger partial charge is 0.412 e. The van der Waals surface area contributed by atoms with Gasteiger partial charge in [0.1, 0.15) is 6.04 Å². The second-order valence-corrected chi connectivity index (χ2v) is 4.65. The first-order valence-corrected chi connectivity index (χ1v) is 6.25. The number of alkyl halides is 3. The molecule has 1 unspecified atom stereocenters. The zero-order valence-electron chi connectivity index (χ0n) is 10.7. The molecule has 1 atom stereocenters. The molecule has 3 nitrogen and oxygen atoms in total. The molecule has 0 bridgehead atoms. The molecule has 2 rings (SSSR count). The molecule has 0 aliphatic carbocycles. The Kier molecular flexibility index (Phi) is 4.13. The molecular weight excluding hydrogens is 269 g/mol. The van der Waals surface area contributed by atoms with Gasteiger partial charge in [-0.15, -0.1) is 0 Å². The molecule has 20 heavy (non-hydrogen) atoms. The van der Waals surface area contributed by atoms with Crippen molar-refractivity contribution >= 4 is 5.91 Å². The minimum atomic E-state index is -4.31. The summed E-state index contributed by atoms with van der Waals surface area (Å²) in [5, 5.41) is 0. The van der Waals surface area contributed by atoms with E-state index in [0.717, 1.165) is 6.08 Å². The molecule has 6 heteroatoms. The lowest BCUT2D eigenvalue weighted by Gasteiger charge is -2.29. The summed E-state index contributed by atoms with van der Waals surface area (Å²) in [5.74, 6) is -0.353. The first kappa shape index (κ1) is 14.6. The Hall–Kier alpha value is -1.82. The maximum Gasteiger partial charge on any atom is 0.412 e. The average Bonchev–Trinajstić information content (AvgIpc) is 2.46. The molecule has 0 radical (unpaired) electrons. The minimum Gasteiger partial charge on any atom is -0.337 e. The summed E-state index contributed by atoms with van der Waals surface area (Å²) < 4.78 is 37.5. The van der Waals surface area contributed by atoms with Gasteiger partial charge in [0.05, 0.1) is 0 Å². The number of carbonyl (C=O) groups excluding carboxylic acids is 1. The van der Waals surface area contributed by atoms with Gasteiger partial charge in [-0.05, 0) is 12.0 Å². The molecule has 1 aliphatic heterocycles. The second kappa shape index (κ2) is 5.66. The minimum absolute atomic E-state index is 0.0463. The zero-order valence-corrected chi connectivity index (χ0v) is 10.7. The fraction of sp³-hybridized carbons (Fsp3) is 0.357. The predicted octanol–water partition coefficient (Wildman–Crippen LogP) is 2.41. The molecule has 1 aromatic rings. The summed E-state index contributed by atoms with van der Waals surface area (Å²) in [7, 11) is 0. The molecule has 0 spiro atoms. The number of halogens is 3. The van der Waals surface area contributed by atoms with Crippen molar-refractivity contribution in [1.29, 1.82) is 0 Å². The molecule has 0 saturated carbocycles. The van der Waals surface area contributed by atoms with Crippen molar-refractivity contribution in [2.24, 2.45) is 5.73 Å². The quantitative estimate of drug-likeness (QED) is 0.848. The van der Waals surface area contributed by atoms with Crippen molar-refractivity contribution in [3.8, 4) is 0 Å². The van der Waals surface area contributed by atoms with Crippen molar-refractivity contribution in [2.45, 2.75) is 18.6 Å². The van der Waals surface area contributed by atoms with E-state index in [9.17, 15) is 18.0 Å². The van der Waals surface area contributed by atoms with Gasteiger partial charge in [-0.3, -0.25) is 4.79 Å². The smallest absolute Gasteiger partial charge is 0.337 e. The number of nitrogens with zero attached hydrogens (tertiary/aromatic N) is 1. The van der Waals surface area contributed by atoms with E-state index in [4.69, 9.17) is 5.73 Å². The van der Waals surface area contributed by atoms with E-state index in [-0.39, 0.29) is 25.4 Å². The zero-order chi connectivity index (χ0) is 14.8. The maximum atomic E-state index is 12.5.